The number of carbonyl (C=O) groups excluding carboxylic acids is 2. The molecule has 0 aliphatic rings. The van der Waals surface area contributed by atoms with Crippen molar-refractivity contribution in [3.63, 3.8) is 0 Å². The van der Waals surface area contributed by atoms with Gasteiger partial charge in [-0.1, -0.05) is 29.8 Å². The summed E-state index contributed by atoms with van der Waals surface area (Å²) in [5, 5.41) is 3.10. The number of anilines is 1. The highest BCUT2D eigenvalue weighted by molar-refractivity contribution is 6.30. The number of amides is 3. The summed E-state index contributed by atoms with van der Waals surface area (Å²) < 4.78 is 6.47. The lowest BCUT2D eigenvalue weighted by Gasteiger charge is -2.11. The largest absolute Gasteiger partial charge is 0.497 e. The van der Waals surface area contributed by atoms with Crippen LogP contribution in [0.15, 0.2) is 71.7 Å². The van der Waals surface area contributed by atoms with Crippen LogP contribution in [0.2, 0.25) is 5.02 Å². The fourth-order valence-electron chi connectivity index (χ4n) is 2.71. The van der Waals surface area contributed by atoms with E-state index in [1.165, 1.54) is 17.7 Å². The first-order chi connectivity index (χ1) is 14.5. The van der Waals surface area contributed by atoms with Gasteiger partial charge in [0.15, 0.2) is 0 Å². The topological polar surface area (TPSA) is 101 Å². The summed E-state index contributed by atoms with van der Waals surface area (Å²) in [5.74, 6) is -0.164. The van der Waals surface area contributed by atoms with Crippen LogP contribution in [0, 0.1) is 0 Å². The third kappa shape index (κ3) is 5.39. The number of carbonyl (C=O) groups is 2. The van der Waals surface area contributed by atoms with Crippen LogP contribution in [-0.4, -0.2) is 23.6 Å². The van der Waals surface area contributed by atoms with Crippen molar-refractivity contribution in [3.05, 3.63) is 93.4 Å². The Kier molecular flexibility index (Phi) is 6.71. The lowest BCUT2D eigenvalue weighted by molar-refractivity contribution is 0.0936. The number of pyridine rings is 1. The van der Waals surface area contributed by atoms with Gasteiger partial charge in [0.1, 0.15) is 11.3 Å². The number of ether oxygens (including phenoxy) is 1. The average Bonchev–Trinajstić information content (AvgIpc) is 2.74. The fourth-order valence-corrected chi connectivity index (χ4v) is 2.92. The van der Waals surface area contributed by atoms with Gasteiger partial charge < -0.3 is 14.6 Å². The molecule has 0 saturated heterocycles. The lowest BCUT2D eigenvalue weighted by atomic mass is 10.2. The van der Waals surface area contributed by atoms with Crippen molar-refractivity contribution in [2.45, 2.75) is 6.54 Å². The molecule has 3 amide bonds. The maximum absolute atomic E-state index is 12.6. The zero-order valence-corrected chi connectivity index (χ0v) is 16.8. The molecule has 3 rings (SSSR count). The maximum atomic E-state index is 12.6. The molecular weight excluding hydrogens is 408 g/mol. The van der Waals surface area contributed by atoms with E-state index in [1.807, 2.05) is 6.07 Å². The van der Waals surface area contributed by atoms with Crippen molar-refractivity contribution >= 4 is 29.2 Å². The maximum Gasteiger partial charge on any atom is 0.337 e. The van der Waals surface area contributed by atoms with Crippen LogP contribution in [0.5, 0.6) is 5.75 Å². The molecule has 30 heavy (non-hydrogen) atoms. The molecule has 0 saturated carbocycles. The Balaban J connectivity index is 1.64. The van der Waals surface area contributed by atoms with Crippen LogP contribution in [0.25, 0.3) is 0 Å². The summed E-state index contributed by atoms with van der Waals surface area (Å²) in [6.45, 7) is 0.254. The second kappa shape index (κ2) is 9.62. The van der Waals surface area contributed by atoms with Crippen molar-refractivity contribution in [1.82, 2.24) is 15.4 Å². The monoisotopic (exact) mass is 426 g/mol. The number of methoxy groups -OCH3 is 1. The number of benzene rings is 2. The molecule has 0 aliphatic carbocycles. The zero-order valence-electron chi connectivity index (χ0n) is 16.0. The van der Waals surface area contributed by atoms with Crippen LogP contribution in [0.1, 0.15) is 15.9 Å². The molecule has 0 spiro atoms. The number of hydrazine groups is 1. The molecular formula is C21H19ClN4O4. The number of nitrogens with one attached hydrogen (secondary N) is 3. The quantitative estimate of drug-likeness (QED) is 0.546. The molecule has 0 unspecified atom stereocenters. The number of rotatable bonds is 5. The molecule has 2 aromatic carbocycles. The molecule has 8 nitrogen and oxygen atoms in total. The Morgan fingerprint density at radius 2 is 1.83 bits per heavy atom. The molecule has 0 fully saturated rings. The third-order valence-corrected chi connectivity index (χ3v) is 4.36. The van der Waals surface area contributed by atoms with E-state index in [1.54, 1.807) is 54.7 Å². The van der Waals surface area contributed by atoms with E-state index in [9.17, 15) is 14.4 Å². The van der Waals surface area contributed by atoms with Gasteiger partial charge in [0, 0.05) is 23.0 Å². The molecule has 1 aromatic heterocycles. The number of aromatic nitrogens is 1. The van der Waals surface area contributed by atoms with Crippen molar-refractivity contribution in [2.24, 2.45) is 0 Å². The van der Waals surface area contributed by atoms with Gasteiger partial charge in [-0.05, 0) is 42.0 Å². The van der Waals surface area contributed by atoms with E-state index in [0.29, 0.717) is 16.5 Å². The first-order valence-electron chi connectivity index (χ1n) is 8.91. The summed E-state index contributed by atoms with van der Waals surface area (Å²) in [6, 6.07) is 16.1. The van der Waals surface area contributed by atoms with Gasteiger partial charge in [0.2, 0.25) is 0 Å². The molecule has 3 aromatic rings. The number of halogens is 1. The van der Waals surface area contributed by atoms with Gasteiger partial charge in [0.25, 0.3) is 11.5 Å². The SMILES string of the molecule is COc1cccc(NC(=O)NNC(=O)c2cccn(Cc3cccc(Cl)c3)c2=O)c1. The van der Waals surface area contributed by atoms with E-state index >= 15 is 0 Å². The Hall–Kier alpha value is -3.78. The first kappa shape index (κ1) is 20.9. The Bertz CT molecular complexity index is 1130. The van der Waals surface area contributed by atoms with Gasteiger partial charge in [0.05, 0.1) is 13.7 Å². The van der Waals surface area contributed by atoms with Gasteiger partial charge >= 0.3 is 6.03 Å². The molecule has 0 atom stereocenters. The second-order valence-corrected chi connectivity index (χ2v) is 6.69. The van der Waals surface area contributed by atoms with Gasteiger partial charge in [-0.2, -0.15) is 0 Å². The van der Waals surface area contributed by atoms with E-state index in [4.69, 9.17) is 16.3 Å². The molecule has 0 aliphatic heterocycles. The molecule has 9 heteroatoms. The highest BCUT2D eigenvalue weighted by Gasteiger charge is 2.13. The first-order valence-corrected chi connectivity index (χ1v) is 9.29. The van der Waals surface area contributed by atoms with Crippen LogP contribution in [0.3, 0.4) is 0 Å². The van der Waals surface area contributed by atoms with Gasteiger partial charge in [-0.3, -0.25) is 15.0 Å². The fraction of sp³-hybridized carbons (Fsp3) is 0.0952. The summed E-state index contributed by atoms with van der Waals surface area (Å²) >= 11 is 5.97. The molecule has 0 radical (unpaired) electrons. The third-order valence-electron chi connectivity index (χ3n) is 4.12. The standard InChI is InChI=1S/C21H19ClN4O4/c1-30-17-8-3-7-16(12-17)23-21(29)25-24-19(27)18-9-4-10-26(20(18)28)13-14-5-2-6-15(22)11-14/h2-12H,13H2,1H3,(H,24,27)(H2,23,25,29). The van der Waals surface area contributed by atoms with Crippen molar-refractivity contribution in [2.75, 3.05) is 12.4 Å². The lowest BCUT2D eigenvalue weighted by Crippen LogP contribution is -2.45. The summed E-state index contributed by atoms with van der Waals surface area (Å²) in [6.07, 6.45) is 1.57. The molecule has 3 N–H and O–H groups in total. The van der Waals surface area contributed by atoms with E-state index in [0.717, 1.165) is 5.56 Å². The van der Waals surface area contributed by atoms with Crippen molar-refractivity contribution in [3.8, 4) is 5.75 Å². The zero-order chi connectivity index (χ0) is 21.5. The van der Waals surface area contributed by atoms with Crippen molar-refractivity contribution in [1.29, 1.82) is 0 Å². The second-order valence-electron chi connectivity index (χ2n) is 6.25. The number of hydrogen-bond donors (Lipinski definition) is 3. The number of urea groups is 1. The predicted molar refractivity (Wildman–Crippen MR) is 114 cm³/mol. The smallest absolute Gasteiger partial charge is 0.337 e. The summed E-state index contributed by atoms with van der Waals surface area (Å²) in [4.78, 5) is 37.0. The average molecular weight is 427 g/mol. The molecule has 0 bridgehead atoms. The summed E-state index contributed by atoms with van der Waals surface area (Å²) in [7, 11) is 1.51. The van der Waals surface area contributed by atoms with Crippen molar-refractivity contribution < 1.29 is 14.3 Å². The Morgan fingerprint density at radius 1 is 1.03 bits per heavy atom. The predicted octanol–water partition coefficient (Wildman–Crippen LogP) is 3.03. The number of hydrogen-bond acceptors (Lipinski definition) is 4. The highest BCUT2D eigenvalue weighted by Crippen LogP contribution is 2.16. The van der Waals surface area contributed by atoms with Crippen LogP contribution in [0.4, 0.5) is 10.5 Å². The normalized spacial score (nSPS) is 10.2. The van der Waals surface area contributed by atoms with Crippen LogP contribution >= 0.6 is 11.6 Å². The van der Waals surface area contributed by atoms with Gasteiger partial charge in [-0.25, -0.2) is 10.2 Å². The van der Waals surface area contributed by atoms with E-state index in [-0.39, 0.29) is 12.1 Å². The van der Waals surface area contributed by atoms with E-state index in [2.05, 4.69) is 16.2 Å². The molecule has 154 valence electrons. The number of nitrogens with zero attached hydrogens (tertiary/aromatic N) is 1. The summed E-state index contributed by atoms with van der Waals surface area (Å²) in [5.41, 5.74) is 5.13. The minimum Gasteiger partial charge on any atom is -0.497 e. The van der Waals surface area contributed by atoms with E-state index < -0.39 is 17.5 Å². The van der Waals surface area contributed by atoms with Crippen LogP contribution in [-0.2, 0) is 6.54 Å². The molecule has 1 heterocycles. The Labute approximate surface area is 177 Å². The highest BCUT2D eigenvalue weighted by atomic mass is 35.5. The minimum atomic E-state index is -0.735. The van der Waals surface area contributed by atoms with Gasteiger partial charge in [-0.15, -0.1) is 0 Å². The Morgan fingerprint density at radius 3 is 2.60 bits per heavy atom. The minimum absolute atomic E-state index is 0.110. The van der Waals surface area contributed by atoms with Crippen LogP contribution < -0.4 is 26.5 Å².